The van der Waals surface area contributed by atoms with Gasteiger partial charge in [0.1, 0.15) is 6.17 Å². The third kappa shape index (κ3) is 6.48. The summed E-state index contributed by atoms with van der Waals surface area (Å²) >= 11 is 0. The van der Waals surface area contributed by atoms with Crippen molar-refractivity contribution in [1.29, 1.82) is 0 Å². The Hall–Kier alpha value is -1.59. The predicted octanol–water partition coefficient (Wildman–Crippen LogP) is 2.65. The second kappa shape index (κ2) is 14.0. The second-order valence-electron chi connectivity index (χ2n) is 14.9. The molecule has 0 aromatic heterocycles. The Morgan fingerprint density at radius 1 is 0.932 bits per heavy atom. The topological polar surface area (TPSA) is 68.8 Å². The van der Waals surface area contributed by atoms with Crippen LogP contribution in [0.4, 0.5) is 4.39 Å². The van der Waals surface area contributed by atoms with Gasteiger partial charge in [-0.15, -0.1) is 0 Å². The molecule has 3 aliphatic heterocycles. The number of amides is 1. The maximum atomic E-state index is 16.7. The summed E-state index contributed by atoms with van der Waals surface area (Å²) in [5.74, 6) is 0.199. The summed E-state index contributed by atoms with van der Waals surface area (Å²) in [4.78, 5) is 39.0. The van der Waals surface area contributed by atoms with Gasteiger partial charge >= 0.3 is 0 Å². The molecule has 0 bridgehead atoms. The van der Waals surface area contributed by atoms with Crippen molar-refractivity contribution in [2.24, 2.45) is 17.8 Å². The highest BCUT2D eigenvalue weighted by atomic mass is 19.1. The highest BCUT2D eigenvalue weighted by Crippen LogP contribution is 2.51. The number of rotatable bonds is 10. The van der Waals surface area contributed by atoms with Gasteiger partial charge in [0.2, 0.25) is 0 Å². The van der Waals surface area contributed by atoms with Crippen LogP contribution in [0.3, 0.4) is 0 Å². The molecule has 6 aliphatic rings. The van der Waals surface area contributed by atoms with Crippen LogP contribution in [-0.4, -0.2) is 153 Å². The number of Topliss-reactive ketones (excluding diaryl/α,β-unsaturated/α-hetero) is 1. The average Bonchev–Trinajstić information content (AvgIpc) is 3.01. The normalized spacial score (nSPS) is 37.1. The van der Waals surface area contributed by atoms with E-state index < -0.39 is 24.2 Å². The molecular weight excluding hydrogens is 561 g/mol. The van der Waals surface area contributed by atoms with Crippen molar-refractivity contribution >= 4 is 11.7 Å². The molecule has 0 aromatic rings. The largest absolute Gasteiger partial charge is 0.378 e. The Morgan fingerprint density at radius 3 is 2.30 bits per heavy atom. The Bertz CT molecular complexity index is 1040. The molecule has 2 saturated heterocycles. The van der Waals surface area contributed by atoms with Crippen LogP contribution in [-0.2, 0) is 19.1 Å². The molecule has 3 saturated carbocycles. The van der Waals surface area contributed by atoms with Crippen LogP contribution >= 0.6 is 0 Å². The van der Waals surface area contributed by atoms with Crippen LogP contribution in [0.1, 0.15) is 57.8 Å². The second-order valence-corrected chi connectivity index (χ2v) is 14.9. The molecule has 1 amide bonds. The summed E-state index contributed by atoms with van der Waals surface area (Å²) in [5.41, 5.74) is 0.255. The number of fused-ring (bicyclic) bond motifs is 4. The van der Waals surface area contributed by atoms with E-state index in [2.05, 4.69) is 47.8 Å². The first kappa shape index (κ1) is 32.4. The monoisotopic (exact) mass is 617 g/mol. The first-order chi connectivity index (χ1) is 21.2. The zero-order chi connectivity index (χ0) is 31.0. The van der Waals surface area contributed by atoms with Crippen LogP contribution in [0.2, 0.25) is 0 Å². The Kier molecular flexibility index (Phi) is 10.3. The van der Waals surface area contributed by atoms with Gasteiger partial charge in [-0.2, -0.15) is 0 Å². The van der Waals surface area contributed by atoms with Crippen molar-refractivity contribution < 1.29 is 23.5 Å². The number of ketones is 1. The maximum Gasteiger partial charge on any atom is 0.259 e. The third-order valence-corrected chi connectivity index (χ3v) is 11.5. The van der Waals surface area contributed by atoms with E-state index in [0.29, 0.717) is 38.1 Å². The number of morpholine rings is 2. The van der Waals surface area contributed by atoms with Crippen molar-refractivity contribution in [3.63, 3.8) is 0 Å². The number of carbonyl (C=O) groups excluding carboxylic acids is 2. The van der Waals surface area contributed by atoms with Gasteiger partial charge in [0.05, 0.1) is 49.1 Å². The van der Waals surface area contributed by atoms with Gasteiger partial charge in [-0.1, -0.05) is 19.3 Å². The van der Waals surface area contributed by atoms with Crippen LogP contribution in [0.25, 0.3) is 0 Å². The number of hydrogen-bond acceptors (Lipinski definition) is 8. The average molecular weight is 618 g/mol. The summed E-state index contributed by atoms with van der Waals surface area (Å²) in [5, 5.41) is 0. The Balaban J connectivity index is 1.35. The molecule has 0 aromatic carbocycles. The molecular formula is C34H56FN5O4. The van der Waals surface area contributed by atoms with E-state index in [1.54, 1.807) is 4.90 Å². The zero-order valence-corrected chi connectivity index (χ0v) is 27.5. The molecule has 0 radical (unpaired) electrons. The van der Waals surface area contributed by atoms with Crippen molar-refractivity contribution in [3.8, 4) is 0 Å². The molecule has 10 heteroatoms. The van der Waals surface area contributed by atoms with Gasteiger partial charge in [0.25, 0.3) is 5.91 Å². The van der Waals surface area contributed by atoms with Gasteiger partial charge in [0, 0.05) is 25.2 Å². The summed E-state index contributed by atoms with van der Waals surface area (Å²) in [6, 6.07) is -0.482. The van der Waals surface area contributed by atoms with E-state index in [1.807, 2.05) is 6.20 Å². The number of ether oxygens (including phenoxy) is 2. The Labute approximate surface area is 264 Å². The fourth-order valence-electron chi connectivity index (χ4n) is 9.50. The molecule has 6 rings (SSSR count). The van der Waals surface area contributed by atoms with Gasteiger partial charge < -0.3 is 29.1 Å². The van der Waals surface area contributed by atoms with Crippen LogP contribution < -0.4 is 0 Å². The smallest absolute Gasteiger partial charge is 0.259 e. The van der Waals surface area contributed by atoms with Crippen LogP contribution in [0.15, 0.2) is 11.8 Å². The third-order valence-electron chi connectivity index (χ3n) is 11.5. The molecule has 0 spiro atoms. The lowest BCUT2D eigenvalue weighted by Gasteiger charge is -2.63. The van der Waals surface area contributed by atoms with Gasteiger partial charge in [-0.3, -0.25) is 14.5 Å². The van der Waals surface area contributed by atoms with E-state index >= 15 is 4.39 Å². The first-order valence-corrected chi connectivity index (χ1v) is 17.5. The van der Waals surface area contributed by atoms with Gasteiger partial charge in [-0.05, 0) is 105 Å². The SMILES string of the molecule is CN(C)CCCN(CCCN(C)C)C1C(F)CC2C(=O)C(C(=O)N3CCOCC3)=CN3C4C(CCC5CCCCC54)OC1C23. The fourth-order valence-corrected chi connectivity index (χ4v) is 9.50. The lowest BCUT2D eigenvalue weighted by molar-refractivity contribution is -0.227. The molecule has 0 N–H and O–H groups in total. The van der Waals surface area contributed by atoms with Crippen molar-refractivity contribution in [1.82, 2.24) is 24.5 Å². The van der Waals surface area contributed by atoms with E-state index in [-0.39, 0.29) is 41.9 Å². The van der Waals surface area contributed by atoms with E-state index in [0.717, 1.165) is 51.9 Å². The minimum Gasteiger partial charge on any atom is -0.378 e. The zero-order valence-electron chi connectivity index (χ0n) is 27.5. The molecule has 9 nitrogen and oxygen atoms in total. The van der Waals surface area contributed by atoms with E-state index in [4.69, 9.17) is 9.47 Å². The minimum absolute atomic E-state index is 0.00126. The lowest BCUT2D eigenvalue weighted by Crippen LogP contribution is -2.74. The highest BCUT2D eigenvalue weighted by Gasteiger charge is 2.61. The summed E-state index contributed by atoms with van der Waals surface area (Å²) in [6.07, 6.45) is 9.45. The van der Waals surface area contributed by atoms with Crippen LogP contribution in [0.5, 0.6) is 0 Å². The minimum atomic E-state index is -1.19. The predicted molar refractivity (Wildman–Crippen MR) is 168 cm³/mol. The standard InChI is InChI=1S/C34H56FN5O4/c1-36(2)13-7-15-38(16-8-14-37(3)4)31-27(35)21-25-30-33(31)44-28-12-11-23-9-5-6-10-24(23)29(28)40(30)22-26(32(25)41)34(42)39-17-19-43-20-18-39/h22-25,27-31,33H,5-21H2,1-4H3. The molecule has 44 heavy (non-hydrogen) atoms. The first-order valence-electron chi connectivity index (χ1n) is 17.5. The molecule has 3 aliphatic carbocycles. The summed E-state index contributed by atoms with van der Waals surface area (Å²) in [7, 11) is 8.33. The summed E-state index contributed by atoms with van der Waals surface area (Å²) in [6.45, 7) is 5.44. The van der Waals surface area contributed by atoms with E-state index in [9.17, 15) is 9.59 Å². The number of carbonyl (C=O) groups is 2. The number of alkyl halides is 1. The number of hydrogen-bond donors (Lipinski definition) is 0. The number of halogens is 1. The highest BCUT2D eigenvalue weighted by molar-refractivity contribution is 6.20. The Morgan fingerprint density at radius 2 is 1.61 bits per heavy atom. The number of nitrogens with zero attached hydrogens (tertiary/aromatic N) is 5. The van der Waals surface area contributed by atoms with E-state index in [1.165, 1.54) is 25.7 Å². The molecule has 248 valence electrons. The van der Waals surface area contributed by atoms with Crippen molar-refractivity contribution in [2.45, 2.75) is 94.3 Å². The molecule has 9 unspecified atom stereocenters. The van der Waals surface area contributed by atoms with Crippen LogP contribution in [0, 0.1) is 17.8 Å². The molecule has 3 heterocycles. The quantitative estimate of drug-likeness (QED) is 0.347. The fraction of sp³-hybridized carbons (Fsp3) is 0.882. The molecule has 5 fully saturated rings. The maximum absolute atomic E-state index is 16.7. The summed E-state index contributed by atoms with van der Waals surface area (Å²) < 4.78 is 29.3. The molecule has 9 atom stereocenters. The van der Waals surface area contributed by atoms with Crippen molar-refractivity contribution in [2.75, 3.05) is 80.7 Å². The van der Waals surface area contributed by atoms with Gasteiger partial charge in [-0.25, -0.2) is 4.39 Å². The lowest BCUT2D eigenvalue weighted by atomic mass is 9.63. The van der Waals surface area contributed by atoms with Gasteiger partial charge in [0.15, 0.2) is 5.78 Å². The van der Waals surface area contributed by atoms with Crippen molar-refractivity contribution in [3.05, 3.63) is 11.8 Å².